The summed E-state index contributed by atoms with van der Waals surface area (Å²) in [6, 6.07) is 7.04. The van der Waals surface area contributed by atoms with Crippen molar-refractivity contribution in [2.75, 3.05) is 39.5 Å². The maximum absolute atomic E-state index is 12.1. The van der Waals surface area contributed by atoms with Gasteiger partial charge in [0.15, 0.2) is 5.96 Å². The Morgan fingerprint density at radius 1 is 1.17 bits per heavy atom. The largest absolute Gasteiger partial charge is 0.411 e. The molecule has 29 heavy (non-hydrogen) atoms. The summed E-state index contributed by atoms with van der Waals surface area (Å²) >= 11 is 0. The van der Waals surface area contributed by atoms with E-state index in [0.29, 0.717) is 37.6 Å². The van der Waals surface area contributed by atoms with Gasteiger partial charge in [-0.2, -0.15) is 13.2 Å². The van der Waals surface area contributed by atoms with E-state index < -0.39 is 22.8 Å². The third kappa shape index (κ3) is 10.5. The van der Waals surface area contributed by atoms with Crippen LogP contribution in [0.5, 0.6) is 0 Å². The highest BCUT2D eigenvalue weighted by molar-refractivity contribution is 7.89. The van der Waals surface area contributed by atoms with Crippen molar-refractivity contribution in [3.63, 3.8) is 0 Å². The Morgan fingerprint density at radius 2 is 1.79 bits per heavy atom. The molecule has 0 aromatic heterocycles. The molecule has 1 aromatic carbocycles. The number of hydrogen-bond donors (Lipinski definition) is 2. The maximum Gasteiger partial charge on any atom is 0.411 e. The van der Waals surface area contributed by atoms with Crippen LogP contribution in [0.2, 0.25) is 0 Å². The Balaban J connectivity index is 2.34. The Morgan fingerprint density at radius 3 is 2.34 bits per heavy atom. The van der Waals surface area contributed by atoms with Crippen molar-refractivity contribution in [2.45, 2.75) is 32.7 Å². The molecule has 0 amide bonds. The molecule has 0 bridgehead atoms. The predicted octanol–water partition coefficient (Wildman–Crippen LogP) is 2.10. The molecule has 7 nitrogen and oxygen atoms in total. The molecular weight excluding hydrogens is 409 g/mol. The maximum atomic E-state index is 12.1. The number of halogens is 3. The fourth-order valence-electron chi connectivity index (χ4n) is 2.31. The van der Waals surface area contributed by atoms with Crippen LogP contribution < -0.4 is 10.6 Å². The molecule has 0 aliphatic heterocycles. The Hall–Kier alpha value is -1.85. The van der Waals surface area contributed by atoms with Crippen molar-refractivity contribution in [3.8, 4) is 0 Å². The van der Waals surface area contributed by atoms with Crippen LogP contribution >= 0.6 is 0 Å². The zero-order valence-corrected chi connectivity index (χ0v) is 17.7. The highest BCUT2D eigenvalue weighted by atomic mass is 32.2. The van der Waals surface area contributed by atoms with Crippen molar-refractivity contribution < 1.29 is 26.3 Å². The first-order chi connectivity index (χ1) is 13.6. The molecule has 0 heterocycles. The van der Waals surface area contributed by atoms with Crippen molar-refractivity contribution >= 4 is 16.0 Å². The fraction of sp³-hybridized carbons (Fsp3) is 0.611. The van der Waals surface area contributed by atoms with E-state index in [9.17, 15) is 21.6 Å². The first kappa shape index (κ1) is 25.2. The third-order valence-electron chi connectivity index (χ3n) is 4.02. The zero-order chi connectivity index (χ0) is 21.9. The van der Waals surface area contributed by atoms with Crippen LogP contribution in [0.4, 0.5) is 13.2 Å². The second kappa shape index (κ2) is 12.0. The molecule has 11 heteroatoms. The van der Waals surface area contributed by atoms with Crippen LogP contribution in [0.15, 0.2) is 29.3 Å². The number of rotatable bonds is 11. The minimum absolute atomic E-state index is 0.0768. The van der Waals surface area contributed by atoms with E-state index in [1.807, 2.05) is 0 Å². The van der Waals surface area contributed by atoms with Crippen LogP contribution in [-0.4, -0.2) is 64.4 Å². The van der Waals surface area contributed by atoms with Crippen LogP contribution in [0.3, 0.4) is 0 Å². The monoisotopic (exact) mass is 438 g/mol. The molecule has 0 spiro atoms. The summed E-state index contributed by atoms with van der Waals surface area (Å²) < 4.78 is 65.5. The van der Waals surface area contributed by atoms with Gasteiger partial charge in [-0.15, -0.1) is 0 Å². The molecule has 0 aliphatic rings. The van der Waals surface area contributed by atoms with Crippen LogP contribution in [-0.2, 0) is 27.9 Å². The van der Waals surface area contributed by atoms with E-state index in [4.69, 9.17) is 0 Å². The summed E-state index contributed by atoms with van der Waals surface area (Å²) in [7, 11) is 0.0158. The molecule has 0 aliphatic carbocycles. The summed E-state index contributed by atoms with van der Waals surface area (Å²) in [5.41, 5.74) is 1.59. The van der Waals surface area contributed by atoms with Gasteiger partial charge in [0.1, 0.15) is 6.61 Å². The Labute approximate surface area is 170 Å². The molecule has 0 radical (unpaired) electrons. The SMILES string of the molecule is CCS(=O)(=O)N(C)CCCNC(=NC)NCc1ccc(COCC(F)(F)F)cc1. The van der Waals surface area contributed by atoms with Crippen LogP contribution in [0, 0.1) is 0 Å². The molecule has 166 valence electrons. The molecule has 0 saturated carbocycles. The number of nitrogens with zero attached hydrogens (tertiary/aromatic N) is 2. The van der Waals surface area contributed by atoms with E-state index in [2.05, 4.69) is 20.4 Å². The van der Waals surface area contributed by atoms with Gasteiger partial charge in [-0.25, -0.2) is 12.7 Å². The number of guanidine groups is 1. The minimum atomic E-state index is -4.33. The zero-order valence-electron chi connectivity index (χ0n) is 16.9. The van der Waals surface area contributed by atoms with E-state index in [-0.39, 0.29) is 12.4 Å². The van der Waals surface area contributed by atoms with Crippen molar-refractivity contribution in [2.24, 2.45) is 4.99 Å². The predicted molar refractivity (Wildman–Crippen MR) is 107 cm³/mol. The molecule has 0 atom stereocenters. The topological polar surface area (TPSA) is 83.0 Å². The second-order valence-corrected chi connectivity index (χ2v) is 8.72. The van der Waals surface area contributed by atoms with Gasteiger partial charge >= 0.3 is 6.18 Å². The highest BCUT2D eigenvalue weighted by Crippen LogP contribution is 2.15. The average Bonchev–Trinajstić information content (AvgIpc) is 2.67. The molecule has 2 N–H and O–H groups in total. The van der Waals surface area contributed by atoms with E-state index in [1.165, 1.54) is 4.31 Å². The average molecular weight is 439 g/mol. The number of nitrogens with one attached hydrogen (secondary N) is 2. The summed E-state index contributed by atoms with van der Waals surface area (Å²) in [5.74, 6) is 0.650. The number of alkyl halides is 3. The van der Waals surface area contributed by atoms with Gasteiger partial charge in [0.2, 0.25) is 10.0 Å². The minimum Gasteiger partial charge on any atom is -0.367 e. The lowest BCUT2D eigenvalue weighted by atomic mass is 10.1. The van der Waals surface area contributed by atoms with Gasteiger partial charge < -0.3 is 15.4 Å². The fourth-order valence-corrected chi connectivity index (χ4v) is 3.16. The van der Waals surface area contributed by atoms with Gasteiger partial charge in [-0.1, -0.05) is 24.3 Å². The quantitative estimate of drug-likeness (QED) is 0.314. The Kier molecular flexibility index (Phi) is 10.4. The van der Waals surface area contributed by atoms with Gasteiger partial charge in [-0.05, 0) is 24.5 Å². The molecule has 1 aromatic rings. The first-order valence-electron chi connectivity index (χ1n) is 9.18. The third-order valence-corrected chi connectivity index (χ3v) is 5.88. The second-order valence-electron chi connectivity index (χ2n) is 6.35. The summed E-state index contributed by atoms with van der Waals surface area (Å²) in [4.78, 5) is 4.10. The summed E-state index contributed by atoms with van der Waals surface area (Å²) in [6.07, 6.45) is -3.70. The van der Waals surface area contributed by atoms with Gasteiger partial charge in [-0.3, -0.25) is 4.99 Å². The molecule has 0 saturated heterocycles. The van der Waals surface area contributed by atoms with Crippen LogP contribution in [0.25, 0.3) is 0 Å². The van der Waals surface area contributed by atoms with Crippen LogP contribution in [0.1, 0.15) is 24.5 Å². The first-order valence-corrected chi connectivity index (χ1v) is 10.8. The van der Waals surface area contributed by atoms with Gasteiger partial charge in [0.25, 0.3) is 0 Å². The van der Waals surface area contributed by atoms with E-state index in [0.717, 1.165) is 5.56 Å². The van der Waals surface area contributed by atoms with Crippen molar-refractivity contribution in [1.82, 2.24) is 14.9 Å². The molecule has 1 rings (SSSR count). The molecule has 0 fully saturated rings. The Bertz CT molecular complexity index is 738. The standard InChI is InChI=1S/C18H29F3N4O3S/c1-4-29(26,27)25(3)11-5-10-23-17(22-2)24-12-15-6-8-16(9-7-15)13-28-14-18(19,20)21/h6-9H,4-5,10-14H2,1-3H3,(H2,22,23,24). The van der Waals surface area contributed by atoms with Gasteiger partial charge in [0.05, 0.1) is 12.4 Å². The van der Waals surface area contributed by atoms with Crippen molar-refractivity contribution in [1.29, 1.82) is 0 Å². The number of sulfonamides is 1. The number of aliphatic imine (C=N–C) groups is 1. The highest BCUT2D eigenvalue weighted by Gasteiger charge is 2.27. The van der Waals surface area contributed by atoms with E-state index >= 15 is 0 Å². The molecule has 0 unspecified atom stereocenters. The van der Waals surface area contributed by atoms with E-state index in [1.54, 1.807) is 45.3 Å². The number of benzene rings is 1. The smallest absolute Gasteiger partial charge is 0.367 e. The number of hydrogen-bond acceptors (Lipinski definition) is 4. The normalized spacial score (nSPS) is 13.0. The number of ether oxygens (including phenoxy) is 1. The lowest BCUT2D eigenvalue weighted by molar-refractivity contribution is -0.176. The van der Waals surface area contributed by atoms with Crippen molar-refractivity contribution in [3.05, 3.63) is 35.4 Å². The summed E-state index contributed by atoms with van der Waals surface area (Å²) in [6.45, 7) is 1.69. The lowest BCUT2D eigenvalue weighted by Crippen LogP contribution is -2.38. The molecular formula is C18H29F3N4O3S. The van der Waals surface area contributed by atoms with Gasteiger partial charge in [0, 0.05) is 33.7 Å². The lowest BCUT2D eigenvalue weighted by Gasteiger charge is -2.17. The summed E-state index contributed by atoms with van der Waals surface area (Å²) in [5, 5.41) is 6.23.